The minimum atomic E-state index is 0.641. The Bertz CT molecular complexity index is 147. The minimum Gasteiger partial charge on any atom is -0.314 e. The van der Waals surface area contributed by atoms with Gasteiger partial charge in [0.2, 0.25) is 0 Å². The van der Waals surface area contributed by atoms with Gasteiger partial charge in [-0.3, -0.25) is 0 Å². The fraction of sp³-hybridized carbons (Fsp3) is 1.00. The average molecular weight is 153 g/mol. The van der Waals surface area contributed by atoms with Crippen LogP contribution in [-0.4, -0.2) is 12.6 Å². The third-order valence-electron chi connectivity index (χ3n) is 3.44. The molecule has 0 radical (unpaired) electrons. The van der Waals surface area contributed by atoms with Gasteiger partial charge in [0.25, 0.3) is 0 Å². The molecule has 0 spiro atoms. The highest BCUT2D eigenvalue weighted by atomic mass is 15.0. The Morgan fingerprint density at radius 2 is 2.00 bits per heavy atom. The molecule has 2 fully saturated rings. The SMILES string of the molecule is CC1(C)CCC(C2CCN2)C1. The smallest absolute Gasteiger partial charge is 0.0108 e. The van der Waals surface area contributed by atoms with Crippen LogP contribution in [0.15, 0.2) is 0 Å². The molecule has 2 aliphatic rings. The molecular weight excluding hydrogens is 134 g/mol. The van der Waals surface area contributed by atoms with Crippen molar-refractivity contribution in [2.45, 2.75) is 45.6 Å². The third kappa shape index (κ3) is 1.44. The summed E-state index contributed by atoms with van der Waals surface area (Å²) in [6.07, 6.45) is 5.78. The van der Waals surface area contributed by atoms with Crippen LogP contribution in [0.4, 0.5) is 0 Å². The summed E-state index contributed by atoms with van der Waals surface area (Å²) in [5.41, 5.74) is 0.641. The molecule has 11 heavy (non-hydrogen) atoms. The highest BCUT2D eigenvalue weighted by molar-refractivity contribution is 4.92. The Balaban J connectivity index is 1.88. The Hall–Kier alpha value is -0.0400. The standard InChI is InChI=1S/C10H19N/c1-10(2)5-3-8(7-10)9-4-6-11-9/h8-9,11H,3-7H2,1-2H3. The summed E-state index contributed by atoms with van der Waals surface area (Å²) < 4.78 is 0. The van der Waals surface area contributed by atoms with Crippen LogP contribution in [0, 0.1) is 11.3 Å². The maximum atomic E-state index is 3.53. The maximum Gasteiger partial charge on any atom is 0.0108 e. The second kappa shape index (κ2) is 2.48. The van der Waals surface area contributed by atoms with Crippen molar-refractivity contribution >= 4 is 0 Å². The van der Waals surface area contributed by atoms with Gasteiger partial charge in [-0.1, -0.05) is 13.8 Å². The molecule has 0 amide bonds. The van der Waals surface area contributed by atoms with E-state index in [1.165, 1.54) is 32.2 Å². The van der Waals surface area contributed by atoms with Crippen molar-refractivity contribution in [2.24, 2.45) is 11.3 Å². The zero-order valence-electron chi connectivity index (χ0n) is 7.69. The molecule has 1 saturated carbocycles. The van der Waals surface area contributed by atoms with E-state index in [0.29, 0.717) is 5.41 Å². The van der Waals surface area contributed by atoms with E-state index in [-0.39, 0.29) is 0 Å². The van der Waals surface area contributed by atoms with Gasteiger partial charge < -0.3 is 5.32 Å². The van der Waals surface area contributed by atoms with Gasteiger partial charge in [-0.15, -0.1) is 0 Å². The summed E-state index contributed by atoms with van der Waals surface area (Å²) in [4.78, 5) is 0. The molecule has 0 aromatic heterocycles. The average Bonchev–Trinajstić information content (AvgIpc) is 2.05. The summed E-state index contributed by atoms with van der Waals surface area (Å²) in [7, 11) is 0. The monoisotopic (exact) mass is 153 g/mol. The van der Waals surface area contributed by atoms with Crippen LogP contribution in [0.5, 0.6) is 0 Å². The lowest BCUT2D eigenvalue weighted by molar-refractivity contribution is 0.244. The molecule has 1 nitrogen and oxygen atoms in total. The summed E-state index contributed by atoms with van der Waals surface area (Å²) >= 11 is 0. The van der Waals surface area contributed by atoms with Crippen molar-refractivity contribution in [3.05, 3.63) is 0 Å². The van der Waals surface area contributed by atoms with Crippen LogP contribution in [0.1, 0.15) is 39.5 Å². The Labute approximate surface area is 69.6 Å². The van der Waals surface area contributed by atoms with Crippen molar-refractivity contribution in [1.82, 2.24) is 5.32 Å². The Morgan fingerprint density at radius 1 is 1.27 bits per heavy atom. The van der Waals surface area contributed by atoms with Gasteiger partial charge in [-0.05, 0) is 43.6 Å². The first-order valence-corrected chi connectivity index (χ1v) is 4.91. The number of hydrogen-bond donors (Lipinski definition) is 1. The second-order valence-electron chi connectivity index (χ2n) is 5.02. The van der Waals surface area contributed by atoms with Gasteiger partial charge in [0.15, 0.2) is 0 Å². The van der Waals surface area contributed by atoms with E-state index in [1.807, 2.05) is 0 Å². The number of rotatable bonds is 1. The highest BCUT2D eigenvalue weighted by Crippen LogP contribution is 2.43. The first-order chi connectivity index (χ1) is 5.17. The van der Waals surface area contributed by atoms with Gasteiger partial charge >= 0.3 is 0 Å². The van der Waals surface area contributed by atoms with Crippen LogP contribution in [0.3, 0.4) is 0 Å². The molecule has 2 rings (SSSR count). The van der Waals surface area contributed by atoms with Crippen LogP contribution >= 0.6 is 0 Å². The zero-order valence-corrected chi connectivity index (χ0v) is 7.69. The molecule has 2 unspecified atom stereocenters. The molecule has 0 aromatic rings. The zero-order chi connectivity index (χ0) is 7.90. The largest absolute Gasteiger partial charge is 0.314 e. The molecule has 1 saturated heterocycles. The van der Waals surface area contributed by atoms with Gasteiger partial charge in [0.05, 0.1) is 0 Å². The highest BCUT2D eigenvalue weighted by Gasteiger charge is 2.37. The fourth-order valence-corrected chi connectivity index (χ4v) is 2.55. The lowest BCUT2D eigenvalue weighted by Gasteiger charge is -2.33. The minimum absolute atomic E-state index is 0.641. The first kappa shape index (κ1) is 7.60. The fourth-order valence-electron chi connectivity index (χ4n) is 2.55. The van der Waals surface area contributed by atoms with Crippen molar-refractivity contribution in [1.29, 1.82) is 0 Å². The van der Waals surface area contributed by atoms with Gasteiger partial charge in [-0.25, -0.2) is 0 Å². The summed E-state index contributed by atoms with van der Waals surface area (Å²) in [5.74, 6) is 0.999. The van der Waals surface area contributed by atoms with Crippen molar-refractivity contribution in [2.75, 3.05) is 6.54 Å². The van der Waals surface area contributed by atoms with Crippen molar-refractivity contribution < 1.29 is 0 Å². The van der Waals surface area contributed by atoms with Crippen LogP contribution < -0.4 is 5.32 Å². The summed E-state index contributed by atoms with van der Waals surface area (Å²) in [6.45, 7) is 6.08. The molecule has 1 heteroatoms. The molecule has 64 valence electrons. The third-order valence-corrected chi connectivity index (χ3v) is 3.44. The molecule has 1 heterocycles. The van der Waals surface area contributed by atoms with Gasteiger partial charge in [0, 0.05) is 6.04 Å². The summed E-state index contributed by atoms with van der Waals surface area (Å²) in [5, 5.41) is 3.53. The van der Waals surface area contributed by atoms with Crippen LogP contribution in [0.2, 0.25) is 0 Å². The quantitative estimate of drug-likeness (QED) is 0.609. The first-order valence-electron chi connectivity index (χ1n) is 4.91. The van der Waals surface area contributed by atoms with Crippen molar-refractivity contribution in [3.8, 4) is 0 Å². The molecule has 1 aliphatic heterocycles. The topological polar surface area (TPSA) is 12.0 Å². The van der Waals surface area contributed by atoms with E-state index in [0.717, 1.165) is 12.0 Å². The Kier molecular flexibility index (Phi) is 1.71. The molecule has 1 aliphatic carbocycles. The van der Waals surface area contributed by atoms with Gasteiger partial charge in [0.1, 0.15) is 0 Å². The van der Waals surface area contributed by atoms with E-state index in [4.69, 9.17) is 0 Å². The van der Waals surface area contributed by atoms with E-state index in [2.05, 4.69) is 19.2 Å². The van der Waals surface area contributed by atoms with Crippen LogP contribution in [-0.2, 0) is 0 Å². The second-order valence-corrected chi connectivity index (χ2v) is 5.02. The van der Waals surface area contributed by atoms with Gasteiger partial charge in [-0.2, -0.15) is 0 Å². The number of hydrogen-bond acceptors (Lipinski definition) is 1. The predicted molar refractivity (Wildman–Crippen MR) is 47.5 cm³/mol. The van der Waals surface area contributed by atoms with Crippen molar-refractivity contribution in [3.63, 3.8) is 0 Å². The van der Waals surface area contributed by atoms with Crippen LogP contribution in [0.25, 0.3) is 0 Å². The molecule has 0 aromatic carbocycles. The van der Waals surface area contributed by atoms with E-state index < -0.39 is 0 Å². The van der Waals surface area contributed by atoms with E-state index in [1.54, 1.807) is 0 Å². The molecular formula is C10H19N. The van der Waals surface area contributed by atoms with E-state index >= 15 is 0 Å². The number of nitrogens with one attached hydrogen (secondary N) is 1. The maximum absolute atomic E-state index is 3.53. The lowest BCUT2D eigenvalue weighted by atomic mass is 9.85. The molecule has 2 atom stereocenters. The van der Waals surface area contributed by atoms with E-state index in [9.17, 15) is 0 Å². The lowest BCUT2D eigenvalue weighted by Crippen LogP contribution is -2.47. The molecule has 1 N–H and O–H groups in total. The normalized spacial score (nSPS) is 42.0. The molecule has 0 bridgehead atoms. The predicted octanol–water partition coefficient (Wildman–Crippen LogP) is 2.17. The summed E-state index contributed by atoms with van der Waals surface area (Å²) in [6, 6.07) is 0.886. The Morgan fingerprint density at radius 3 is 2.36 bits per heavy atom.